The number of carbonyl (C=O) groups excluding carboxylic acids is 1. The van der Waals surface area contributed by atoms with Gasteiger partial charge >= 0.3 is 0 Å². The molecule has 0 bridgehead atoms. The number of hydrogen-bond donors (Lipinski definition) is 1. The molecular formula is C19H27ClN2O5S. The van der Waals surface area contributed by atoms with E-state index in [0.29, 0.717) is 19.8 Å². The molecule has 0 radical (unpaired) electrons. The van der Waals surface area contributed by atoms with Gasteiger partial charge in [-0.15, -0.1) is 0 Å². The van der Waals surface area contributed by atoms with Crippen LogP contribution in [0.1, 0.15) is 50.4 Å². The highest BCUT2D eigenvalue weighted by molar-refractivity contribution is 7.89. The standard InChI is InChI=1S/C19H27ClN2O5S/c1-19(2,3)21-28(24,25)16-12-13(7-8-14(16)20)17(23)22-9-5-4-6-15(22)18-26-10-11-27-18/h7-8,12,15,18,21H,4-6,9-11H2,1-3H3. The van der Waals surface area contributed by atoms with Crippen molar-refractivity contribution in [1.29, 1.82) is 0 Å². The van der Waals surface area contributed by atoms with Gasteiger partial charge in [0.25, 0.3) is 5.91 Å². The molecule has 1 unspecified atom stereocenters. The van der Waals surface area contributed by atoms with Crippen LogP contribution in [0.25, 0.3) is 0 Å². The average molecular weight is 431 g/mol. The fraction of sp³-hybridized carbons (Fsp3) is 0.632. The normalized spacial score (nSPS) is 21.9. The summed E-state index contributed by atoms with van der Waals surface area (Å²) in [6, 6.07) is 4.18. The third-order valence-electron chi connectivity index (χ3n) is 4.68. The first-order valence-electron chi connectivity index (χ1n) is 9.46. The highest BCUT2D eigenvalue weighted by atomic mass is 35.5. The molecule has 2 fully saturated rings. The van der Waals surface area contributed by atoms with E-state index in [4.69, 9.17) is 21.1 Å². The molecule has 1 amide bonds. The number of sulfonamides is 1. The molecule has 156 valence electrons. The topological polar surface area (TPSA) is 84.9 Å². The number of amides is 1. The molecule has 3 rings (SSSR count). The molecule has 2 aliphatic rings. The van der Waals surface area contributed by atoms with E-state index in [1.54, 1.807) is 31.7 Å². The zero-order valence-corrected chi connectivity index (χ0v) is 18.0. The van der Waals surface area contributed by atoms with Crippen LogP contribution in [-0.2, 0) is 19.5 Å². The Morgan fingerprint density at radius 1 is 1.21 bits per heavy atom. The number of benzene rings is 1. The zero-order chi connectivity index (χ0) is 20.5. The van der Waals surface area contributed by atoms with Gasteiger partial charge in [-0.3, -0.25) is 4.79 Å². The summed E-state index contributed by atoms with van der Waals surface area (Å²) >= 11 is 6.15. The predicted octanol–water partition coefficient (Wildman–Crippen LogP) is 2.78. The van der Waals surface area contributed by atoms with E-state index in [2.05, 4.69) is 4.72 Å². The van der Waals surface area contributed by atoms with E-state index >= 15 is 0 Å². The monoisotopic (exact) mass is 430 g/mol. The molecule has 0 saturated carbocycles. The first kappa shape index (κ1) is 21.5. The molecule has 2 aliphatic heterocycles. The van der Waals surface area contributed by atoms with Crippen molar-refractivity contribution in [2.75, 3.05) is 19.8 Å². The Bertz CT molecular complexity index is 831. The van der Waals surface area contributed by atoms with E-state index in [-0.39, 0.29) is 27.4 Å². The fourth-order valence-corrected chi connectivity index (χ4v) is 5.50. The molecule has 2 heterocycles. The Hall–Kier alpha value is -1.19. The number of halogens is 1. The van der Waals surface area contributed by atoms with Crippen molar-refractivity contribution in [3.05, 3.63) is 28.8 Å². The maximum atomic E-state index is 13.2. The van der Waals surface area contributed by atoms with Crippen molar-refractivity contribution < 1.29 is 22.7 Å². The predicted molar refractivity (Wildman–Crippen MR) is 106 cm³/mol. The van der Waals surface area contributed by atoms with Crippen LogP contribution in [0, 0.1) is 0 Å². The van der Waals surface area contributed by atoms with Crippen molar-refractivity contribution in [3.8, 4) is 0 Å². The van der Waals surface area contributed by atoms with E-state index in [9.17, 15) is 13.2 Å². The van der Waals surface area contributed by atoms with Gasteiger partial charge in [0.05, 0.1) is 24.3 Å². The minimum Gasteiger partial charge on any atom is -0.348 e. The van der Waals surface area contributed by atoms with E-state index in [1.807, 2.05) is 0 Å². The van der Waals surface area contributed by atoms with Crippen LogP contribution in [0.5, 0.6) is 0 Å². The fourth-order valence-electron chi connectivity index (χ4n) is 3.56. The number of rotatable bonds is 4. The Balaban J connectivity index is 1.89. The SMILES string of the molecule is CC(C)(C)NS(=O)(=O)c1cc(C(=O)N2CCCCC2C2OCCO2)ccc1Cl. The van der Waals surface area contributed by atoms with Crippen LogP contribution in [-0.4, -0.2) is 56.9 Å². The van der Waals surface area contributed by atoms with Crippen LogP contribution in [0.15, 0.2) is 23.1 Å². The first-order valence-corrected chi connectivity index (χ1v) is 11.3. The second kappa shape index (κ2) is 8.28. The number of piperidine rings is 1. The minimum atomic E-state index is -3.87. The second-order valence-electron chi connectivity index (χ2n) is 8.17. The molecule has 0 aromatic heterocycles. The van der Waals surface area contributed by atoms with Gasteiger partial charge in [0, 0.05) is 17.6 Å². The van der Waals surface area contributed by atoms with Crippen LogP contribution in [0.2, 0.25) is 5.02 Å². The van der Waals surface area contributed by atoms with Crippen LogP contribution in [0.3, 0.4) is 0 Å². The highest BCUT2D eigenvalue weighted by Crippen LogP contribution is 2.28. The smallest absolute Gasteiger partial charge is 0.254 e. The summed E-state index contributed by atoms with van der Waals surface area (Å²) < 4.78 is 39.3. The third-order valence-corrected chi connectivity index (χ3v) is 6.92. The summed E-state index contributed by atoms with van der Waals surface area (Å²) in [5.41, 5.74) is -0.388. The van der Waals surface area contributed by atoms with Crippen molar-refractivity contribution in [2.45, 2.75) is 62.8 Å². The van der Waals surface area contributed by atoms with Crippen molar-refractivity contribution >= 4 is 27.5 Å². The van der Waals surface area contributed by atoms with E-state index in [0.717, 1.165) is 19.3 Å². The number of nitrogens with zero attached hydrogens (tertiary/aromatic N) is 1. The van der Waals surface area contributed by atoms with Gasteiger partial charge in [0.15, 0.2) is 6.29 Å². The molecule has 1 aromatic carbocycles. The largest absolute Gasteiger partial charge is 0.348 e. The minimum absolute atomic E-state index is 0.0750. The van der Waals surface area contributed by atoms with Crippen LogP contribution in [0.4, 0.5) is 0 Å². The number of hydrogen-bond acceptors (Lipinski definition) is 5. The maximum absolute atomic E-state index is 13.2. The molecular weight excluding hydrogens is 404 g/mol. The molecule has 1 N–H and O–H groups in total. The summed E-state index contributed by atoms with van der Waals surface area (Å²) in [4.78, 5) is 14.8. The quantitative estimate of drug-likeness (QED) is 0.793. The number of likely N-dealkylation sites (tertiary alicyclic amines) is 1. The zero-order valence-electron chi connectivity index (χ0n) is 16.4. The van der Waals surface area contributed by atoms with Crippen molar-refractivity contribution in [1.82, 2.24) is 9.62 Å². The lowest BCUT2D eigenvalue weighted by molar-refractivity contribution is -0.100. The second-order valence-corrected chi connectivity index (χ2v) is 10.2. The third kappa shape index (κ3) is 4.86. The van der Waals surface area contributed by atoms with Gasteiger partial charge in [-0.1, -0.05) is 11.6 Å². The van der Waals surface area contributed by atoms with Gasteiger partial charge in [-0.05, 0) is 58.2 Å². The molecule has 28 heavy (non-hydrogen) atoms. The number of ether oxygens (including phenoxy) is 2. The van der Waals surface area contributed by atoms with Gasteiger partial charge in [-0.25, -0.2) is 13.1 Å². The Morgan fingerprint density at radius 3 is 2.54 bits per heavy atom. The molecule has 9 heteroatoms. The van der Waals surface area contributed by atoms with Gasteiger partial charge < -0.3 is 14.4 Å². The lowest BCUT2D eigenvalue weighted by Crippen LogP contribution is -2.50. The number of nitrogens with one attached hydrogen (secondary N) is 1. The van der Waals surface area contributed by atoms with E-state index in [1.165, 1.54) is 12.1 Å². The molecule has 0 spiro atoms. The molecule has 0 aliphatic carbocycles. The molecule has 1 aromatic rings. The summed E-state index contributed by atoms with van der Waals surface area (Å²) in [7, 11) is -3.87. The summed E-state index contributed by atoms with van der Waals surface area (Å²) in [6.07, 6.45) is 2.25. The average Bonchev–Trinajstić information content (AvgIpc) is 3.14. The van der Waals surface area contributed by atoms with Gasteiger partial charge in [-0.2, -0.15) is 0 Å². The summed E-state index contributed by atoms with van der Waals surface area (Å²) in [5, 5.41) is 0.0750. The van der Waals surface area contributed by atoms with E-state index < -0.39 is 21.9 Å². The van der Waals surface area contributed by atoms with Crippen LogP contribution >= 0.6 is 11.6 Å². The summed E-state index contributed by atoms with van der Waals surface area (Å²) in [6.45, 7) is 6.85. The number of carbonyl (C=O) groups is 1. The molecule has 7 nitrogen and oxygen atoms in total. The lowest BCUT2D eigenvalue weighted by atomic mass is 10.00. The Kier molecular flexibility index (Phi) is 6.36. The van der Waals surface area contributed by atoms with Gasteiger partial charge in [0.1, 0.15) is 4.90 Å². The van der Waals surface area contributed by atoms with Crippen molar-refractivity contribution in [3.63, 3.8) is 0 Å². The van der Waals surface area contributed by atoms with Crippen LogP contribution < -0.4 is 4.72 Å². The Morgan fingerprint density at radius 2 is 1.89 bits per heavy atom. The Labute approximate surface area is 171 Å². The molecule has 1 atom stereocenters. The maximum Gasteiger partial charge on any atom is 0.254 e. The van der Waals surface area contributed by atoms with Gasteiger partial charge in [0.2, 0.25) is 10.0 Å². The molecule has 2 saturated heterocycles. The summed E-state index contributed by atoms with van der Waals surface area (Å²) in [5.74, 6) is -0.243. The first-order chi connectivity index (χ1) is 13.1. The lowest BCUT2D eigenvalue weighted by Gasteiger charge is -2.38. The van der Waals surface area contributed by atoms with Crippen molar-refractivity contribution in [2.24, 2.45) is 0 Å². The highest BCUT2D eigenvalue weighted by Gasteiger charge is 2.37.